The number of rotatable bonds is 5. The Bertz CT molecular complexity index is 355. The predicted molar refractivity (Wildman–Crippen MR) is 58.2 cm³/mol. The number of primary amides is 1. The van der Waals surface area contributed by atoms with E-state index in [1.165, 1.54) is 0 Å². The summed E-state index contributed by atoms with van der Waals surface area (Å²) in [6, 6.07) is 5.57. The summed E-state index contributed by atoms with van der Waals surface area (Å²) in [6.45, 7) is 2.33. The average Bonchev–Trinajstić information content (AvgIpc) is 2.14. The highest BCUT2D eigenvalue weighted by Gasteiger charge is 1.99. The summed E-state index contributed by atoms with van der Waals surface area (Å²) in [7, 11) is 0. The van der Waals surface area contributed by atoms with Crippen molar-refractivity contribution in [2.24, 2.45) is 5.73 Å². The third-order valence-electron chi connectivity index (χ3n) is 1.88. The lowest BCUT2D eigenvalue weighted by Crippen LogP contribution is -2.24. The van der Waals surface area contributed by atoms with Gasteiger partial charge in [-0.1, -0.05) is 17.7 Å². The molecule has 1 rings (SSSR count). The molecule has 1 aromatic rings. The Morgan fingerprint density at radius 2 is 2.33 bits per heavy atom. The Labute approximate surface area is 93.3 Å². The van der Waals surface area contributed by atoms with E-state index in [0.29, 0.717) is 11.6 Å². The first kappa shape index (κ1) is 12.0. The predicted octanol–water partition coefficient (Wildman–Crippen LogP) is 1.15. The first-order valence-corrected chi connectivity index (χ1v) is 4.85. The second-order valence-corrected chi connectivity index (χ2v) is 3.58. The number of hydroxylamine groups is 1. The van der Waals surface area contributed by atoms with Crippen LogP contribution < -0.4 is 11.2 Å². The zero-order valence-electron chi connectivity index (χ0n) is 8.42. The molecule has 4 nitrogen and oxygen atoms in total. The van der Waals surface area contributed by atoms with Gasteiger partial charge in [0.2, 0.25) is 5.91 Å². The standard InChI is InChI=1S/C10H13ClN2O2/c1-7-4-9(11)3-2-8(7)5-13-15-6-10(12)14/h2-4,13H,5-6H2,1H3,(H2,12,14). The van der Waals surface area contributed by atoms with Crippen LogP contribution in [0.5, 0.6) is 0 Å². The molecule has 82 valence electrons. The van der Waals surface area contributed by atoms with Gasteiger partial charge in [0.1, 0.15) is 6.61 Å². The van der Waals surface area contributed by atoms with Crippen LogP contribution in [0.4, 0.5) is 0 Å². The van der Waals surface area contributed by atoms with E-state index in [0.717, 1.165) is 11.1 Å². The van der Waals surface area contributed by atoms with Gasteiger partial charge in [-0.05, 0) is 30.2 Å². The Morgan fingerprint density at radius 1 is 1.60 bits per heavy atom. The van der Waals surface area contributed by atoms with Crippen molar-refractivity contribution in [2.75, 3.05) is 6.61 Å². The average molecular weight is 229 g/mol. The summed E-state index contributed by atoms with van der Waals surface area (Å²) in [5.41, 5.74) is 9.68. The fraction of sp³-hybridized carbons (Fsp3) is 0.300. The van der Waals surface area contributed by atoms with Gasteiger partial charge in [0, 0.05) is 11.6 Å². The maximum Gasteiger partial charge on any atom is 0.245 e. The molecule has 1 aromatic carbocycles. The maximum absolute atomic E-state index is 10.4. The van der Waals surface area contributed by atoms with Crippen LogP contribution in [0.2, 0.25) is 5.02 Å². The molecule has 0 heterocycles. The molecule has 0 saturated carbocycles. The molecule has 0 saturated heterocycles. The lowest BCUT2D eigenvalue weighted by Gasteiger charge is -2.07. The summed E-state index contributed by atoms with van der Waals surface area (Å²) < 4.78 is 0. The Morgan fingerprint density at radius 3 is 2.93 bits per heavy atom. The first-order valence-electron chi connectivity index (χ1n) is 4.47. The van der Waals surface area contributed by atoms with Crippen molar-refractivity contribution in [1.29, 1.82) is 0 Å². The zero-order chi connectivity index (χ0) is 11.3. The van der Waals surface area contributed by atoms with Gasteiger partial charge < -0.3 is 5.73 Å². The van der Waals surface area contributed by atoms with Crippen LogP contribution in [0, 0.1) is 6.92 Å². The molecule has 0 aliphatic rings. The SMILES string of the molecule is Cc1cc(Cl)ccc1CNOCC(N)=O. The summed E-state index contributed by atoms with van der Waals surface area (Å²) in [6.07, 6.45) is 0. The van der Waals surface area contributed by atoms with E-state index in [1.54, 1.807) is 6.07 Å². The summed E-state index contributed by atoms with van der Waals surface area (Å²) in [5.74, 6) is -0.504. The van der Waals surface area contributed by atoms with Gasteiger partial charge in [0.15, 0.2) is 0 Å². The summed E-state index contributed by atoms with van der Waals surface area (Å²) in [5, 5.41) is 0.703. The number of hydrogen-bond donors (Lipinski definition) is 2. The van der Waals surface area contributed by atoms with E-state index in [4.69, 9.17) is 22.2 Å². The largest absolute Gasteiger partial charge is 0.368 e. The van der Waals surface area contributed by atoms with Crippen LogP contribution in [-0.4, -0.2) is 12.5 Å². The molecule has 0 aliphatic heterocycles. The van der Waals surface area contributed by atoms with Crippen molar-refractivity contribution in [1.82, 2.24) is 5.48 Å². The number of carbonyl (C=O) groups excluding carboxylic acids is 1. The van der Waals surface area contributed by atoms with Crippen molar-refractivity contribution < 1.29 is 9.63 Å². The molecule has 0 atom stereocenters. The van der Waals surface area contributed by atoms with Crippen molar-refractivity contribution in [3.8, 4) is 0 Å². The quantitative estimate of drug-likeness (QED) is 0.587. The molecule has 0 spiro atoms. The Balaban J connectivity index is 2.40. The van der Waals surface area contributed by atoms with Crippen molar-refractivity contribution in [2.45, 2.75) is 13.5 Å². The molecule has 0 fully saturated rings. The van der Waals surface area contributed by atoms with Gasteiger partial charge in [0.25, 0.3) is 0 Å². The van der Waals surface area contributed by atoms with E-state index in [1.807, 2.05) is 19.1 Å². The van der Waals surface area contributed by atoms with Gasteiger partial charge in [0.05, 0.1) is 0 Å². The van der Waals surface area contributed by atoms with Crippen LogP contribution in [0.1, 0.15) is 11.1 Å². The van der Waals surface area contributed by atoms with Gasteiger partial charge in [-0.15, -0.1) is 0 Å². The van der Waals surface area contributed by atoms with Crippen LogP contribution >= 0.6 is 11.6 Å². The second kappa shape index (κ2) is 5.70. The molecule has 0 aromatic heterocycles. The number of aryl methyl sites for hydroxylation is 1. The van der Waals surface area contributed by atoms with E-state index < -0.39 is 5.91 Å². The number of nitrogens with two attached hydrogens (primary N) is 1. The van der Waals surface area contributed by atoms with Crippen molar-refractivity contribution in [3.63, 3.8) is 0 Å². The Kier molecular flexibility index (Phi) is 4.55. The smallest absolute Gasteiger partial charge is 0.245 e. The minimum absolute atomic E-state index is 0.132. The van der Waals surface area contributed by atoms with Gasteiger partial charge >= 0.3 is 0 Å². The lowest BCUT2D eigenvalue weighted by molar-refractivity contribution is -0.125. The molecule has 0 bridgehead atoms. The van der Waals surface area contributed by atoms with Crippen molar-refractivity contribution in [3.05, 3.63) is 34.3 Å². The molecule has 0 aliphatic carbocycles. The molecule has 15 heavy (non-hydrogen) atoms. The molecule has 1 amide bonds. The van der Waals surface area contributed by atoms with E-state index in [-0.39, 0.29) is 6.61 Å². The van der Waals surface area contributed by atoms with Gasteiger partial charge in [-0.25, -0.2) is 0 Å². The molecule has 0 unspecified atom stereocenters. The number of hydrogen-bond acceptors (Lipinski definition) is 3. The number of benzene rings is 1. The minimum Gasteiger partial charge on any atom is -0.368 e. The molecule has 0 radical (unpaired) electrons. The van der Waals surface area contributed by atoms with Gasteiger partial charge in [-0.3, -0.25) is 9.63 Å². The van der Waals surface area contributed by atoms with Crippen LogP contribution in [-0.2, 0) is 16.2 Å². The van der Waals surface area contributed by atoms with E-state index in [2.05, 4.69) is 5.48 Å². The third kappa shape index (κ3) is 4.29. The molecular weight excluding hydrogens is 216 g/mol. The molecule has 5 heteroatoms. The van der Waals surface area contributed by atoms with Crippen molar-refractivity contribution >= 4 is 17.5 Å². The summed E-state index contributed by atoms with van der Waals surface area (Å²) in [4.78, 5) is 15.2. The van der Waals surface area contributed by atoms with E-state index in [9.17, 15) is 4.79 Å². The van der Waals surface area contributed by atoms with Crippen LogP contribution in [0.3, 0.4) is 0 Å². The lowest BCUT2D eigenvalue weighted by atomic mass is 10.1. The first-order chi connectivity index (χ1) is 7.09. The topological polar surface area (TPSA) is 64.3 Å². The maximum atomic E-state index is 10.4. The monoisotopic (exact) mass is 228 g/mol. The highest BCUT2D eigenvalue weighted by molar-refractivity contribution is 6.30. The van der Waals surface area contributed by atoms with Crippen LogP contribution in [0.15, 0.2) is 18.2 Å². The normalized spacial score (nSPS) is 10.3. The summed E-state index contributed by atoms with van der Waals surface area (Å²) >= 11 is 5.81. The number of carbonyl (C=O) groups is 1. The second-order valence-electron chi connectivity index (χ2n) is 3.15. The number of amides is 1. The molecular formula is C10H13ClN2O2. The third-order valence-corrected chi connectivity index (χ3v) is 2.12. The highest BCUT2D eigenvalue weighted by atomic mass is 35.5. The number of nitrogens with one attached hydrogen (secondary N) is 1. The fourth-order valence-corrected chi connectivity index (χ4v) is 1.34. The molecule has 3 N–H and O–H groups in total. The number of halogens is 1. The fourth-order valence-electron chi connectivity index (χ4n) is 1.11. The Hall–Kier alpha value is -1.10. The van der Waals surface area contributed by atoms with Gasteiger partial charge in [-0.2, -0.15) is 5.48 Å². The van der Waals surface area contributed by atoms with E-state index >= 15 is 0 Å². The van der Waals surface area contributed by atoms with Crippen LogP contribution in [0.25, 0.3) is 0 Å². The minimum atomic E-state index is -0.504. The highest BCUT2D eigenvalue weighted by Crippen LogP contribution is 2.14. The zero-order valence-corrected chi connectivity index (χ0v) is 9.17.